The molecule has 0 aromatic carbocycles. The minimum absolute atomic E-state index is 0.0237. The molecule has 1 aliphatic rings. The minimum atomic E-state index is -0.716. The zero-order chi connectivity index (χ0) is 12.0. The van der Waals surface area contributed by atoms with Gasteiger partial charge in [0.1, 0.15) is 0 Å². The maximum absolute atomic E-state index is 12.0. The molecule has 1 unspecified atom stereocenters. The van der Waals surface area contributed by atoms with E-state index in [1.807, 2.05) is 6.92 Å². The van der Waals surface area contributed by atoms with Gasteiger partial charge < -0.3 is 15.8 Å². The van der Waals surface area contributed by atoms with Gasteiger partial charge in [0.05, 0.1) is 5.54 Å². The fourth-order valence-electron chi connectivity index (χ4n) is 1.70. The van der Waals surface area contributed by atoms with E-state index in [2.05, 4.69) is 11.6 Å². The number of amides is 1. The van der Waals surface area contributed by atoms with E-state index in [1.165, 1.54) is 0 Å². The molecule has 1 fully saturated rings. The first-order chi connectivity index (χ1) is 7.58. The molecule has 0 aromatic rings. The number of thioether (sulfide) groups is 1. The maximum Gasteiger partial charge on any atom is 0.240 e. The predicted octanol–water partition coefficient (Wildman–Crippen LogP) is 0.752. The first kappa shape index (κ1) is 13.8. The molecule has 0 bridgehead atoms. The van der Waals surface area contributed by atoms with Gasteiger partial charge in [-0.3, -0.25) is 4.79 Å². The van der Waals surface area contributed by atoms with Crippen LogP contribution in [0.25, 0.3) is 0 Å². The smallest absolute Gasteiger partial charge is 0.240 e. The van der Waals surface area contributed by atoms with E-state index < -0.39 is 5.54 Å². The van der Waals surface area contributed by atoms with Crippen molar-refractivity contribution in [1.82, 2.24) is 5.32 Å². The van der Waals surface area contributed by atoms with E-state index in [4.69, 9.17) is 10.5 Å². The fourth-order valence-corrected chi connectivity index (χ4v) is 2.29. The van der Waals surface area contributed by atoms with Crippen molar-refractivity contribution >= 4 is 17.7 Å². The van der Waals surface area contributed by atoms with Crippen LogP contribution in [-0.4, -0.2) is 42.7 Å². The number of hydrogen-bond donors (Lipinski definition) is 2. The minimum Gasteiger partial charge on any atom is -0.381 e. The molecule has 1 rings (SSSR count). The summed E-state index contributed by atoms with van der Waals surface area (Å²) in [5, 5.41) is 2.99. The largest absolute Gasteiger partial charge is 0.381 e. The Bertz CT molecular complexity index is 230. The van der Waals surface area contributed by atoms with Gasteiger partial charge in [0.25, 0.3) is 0 Å². The third-order valence-electron chi connectivity index (χ3n) is 2.97. The molecular weight excluding hydrogens is 224 g/mol. The van der Waals surface area contributed by atoms with E-state index in [9.17, 15) is 4.79 Å². The third kappa shape index (κ3) is 3.96. The third-order valence-corrected chi connectivity index (χ3v) is 3.61. The average molecular weight is 246 g/mol. The first-order valence-electron chi connectivity index (χ1n) is 5.75. The maximum atomic E-state index is 12.0. The molecule has 0 spiro atoms. The van der Waals surface area contributed by atoms with E-state index in [0.29, 0.717) is 26.1 Å². The van der Waals surface area contributed by atoms with Gasteiger partial charge in [-0.25, -0.2) is 0 Å². The molecule has 1 saturated heterocycles. The van der Waals surface area contributed by atoms with Gasteiger partial charge in [-0.2, -0.15) is 11.8 Å². The van der Waals surface area contributed by atoms with Crippen LogP contribution in [0.4, 0.5) is 0 Å². The Morgan fingerprint density at radius 2 is 2.19 bits per heavy atom. The lowest BCUT2D eigenvalue weighted by Gasteiger charge is -2.32. The molecule has 0 radical (unpaired) electrons. The Balaban J connectivity index is 2.38. The van der Waals surface area contributed by atoms with Gasteiger partial charge in [0.2, 0.25) is 5.91 Å². The van der Waals surface area contributed by atoms with Gasteiger partial charge >= 0.3 is 0 Å². The second-order valence-corrected chi connectivity index (χ2v) is 5.41. The van der Waals surface area contributed by atoms with Crippen LogP contribution in [0.5, 0.6) is 0 Å². The Morgan fingerprint density at radius 1 is 1.56 bits per heavy atom. The van der Waals surface area contributed by atoms with Gasteiger partial charge in [-0.1, -0.05) is 0 Å². The van der Waals surface area contributed by atoms with Gasteiger partial charge in [0.15, 0.2) is 0 Å². The zero-order valence-electron chi connectivity index (χ0n) is 10.1. The highest BCUT2D eigenvalue weighted by atomic mass is 32.2. The molecule has 5 heteroatoms. The summed E-state index contributed by atoms with van der Waals surface area (Å²) in [7, 11) is 0. The number of carbonyl (C=O) groups excluding carboxylic acids is 1. The summed E-state index contributed by atoms with van der Waals surface area (Å²) in [6.07, 6.45) is 4.29. The topological polar surface area (TPSA) is 64.4 Å². The molecule has 1 heterocycles. The van der Waals surface area contributed by atoms with Crippen molar-refractivity contribution in [1.29, 1.82) is 0 Å². The number of carbonyl (C=O) groups is 1. The molecule has 1 amide bonds. The second-order valence-electron chi connectivity index (χ2n) is 4.42. The van der Waals surface area contributed by atoms with Crippen LogP contribution in [0.15, 0.2) is 0 Å². The van der Waals surface area contributed by atoms with Crippen LogP contribution in [0.1, 0.15) is 26.2 Å². The number of nitrogens with two attached hydrogens (primary N) is 1. The Hall–Kier alpha value is -0.260. The summed E-state index contributed by atoms with van der Waals surface area (Å²) in [4.78, 5) is 12.0. The molecule has 1 atom stereocenters. The molecule has 1 aliphatic heterocycles. The van der Waals surface area contributed by atoms with Crippen LogP contribution in [0.2, 0.25) is 0 Å². The average Bonchev–Trinajstić information content (AvgIpc) is 2.27. The number of hydrogen-bond acceptors (Lipinski definition) is 4. The first-order valence-corrected chi connectivity index (χ1v) is 7.14. The lowest BCUT2D eigenvalue weighted by atomic mass is 9.90. The quantitative estimate of drug-likeness (QED) is 0.751. The van der Waals surface area contributed by atoms with Crippen LogP contribution in [0, 0.1) is 0 Å². The normalized spacial score (nSPS) is 21.4. The molecule has 4 nitrogen and oxygen atoms in total. The summed E-state index contributed by atoms with van der Waals surface area (Å²) in [5.74, 6) is 1.03. The van der Waals surface area contributed by atoms with Crippen molar-refractivity contribution in [3.8, 4) is 0 Å². The van der Waals surface area contributed by atoms with Crippen molar-refractivity contribution in [3.05, 3.63) is 0 Å². The SMILES string of the molecule is CSCCC(C)NC(=O)C1(N)CCOCC1. The molecule has 0 aliphatic carbocycles. The number of nitrogens with one attached hydrogen (secondary N) is 1. The van der Waals surface area contributed by atoms with Crippen molar-refractivity contribution in [2.75, 3.05) is 25.2 Å². The van der Waals surface area contributed by atoms with E-state index in [-0.39, 0.29) is 11.9 Å². The Morgan fingerprint density at radius 3 is 2.75 bits per heavy atom. The highest BCUT2D eigenvalue weighted by molar-refractivity contribution is 7.98. The summed E-state index contributed by atoms with van der Waals surface area (Å²) in [6, 6.07) is 0.197. The highest BCUT2D eigenvalue weighted by Crippen LogP contribution is 2.18. The van der Waals surface area contributed by atoms with E-state index in [1.54, 1.807) is 11.8 Å². The Kier molecular flexibility index (Phi) is 5.58. The number of ether oxygens (including phenoxy) is 1. The van der Waals surface area contributed by atoms with Crippen molar-refractivity contribution in [2.24, 2.45) is 5.73 Å². The molecule has 3 N–H and O–H groups in total. The molecule has 0 aromatic heterocycles. The van der Waals surface area contributed by atoms with Crippen molar-refractivity contribution in [2.45, 2.75) is 37.8 Å². The van der Waals surface area contributed by atoms with Gasteiger partial charge in [-0.15, -0.1) is 0 Å². The standard InChI is InChI=1S/C11H22N2O2S/c1-9(3-8-16-2)13-10(14)11(12)4-6-15-7-5-11/h9H,3-8,12H2,1-2H3,(H,13,14). The summed E-state index contributed by atoms with van der Waals surface area (Å²) in [6.45, 7) is 3.20. The van der Waals surface area contributed by atoms with Crippen LogP contribution in [-0.2, 0) is 9.53 Å². The van der Waals surface area contributed by atoms with Crippen LogP contribution >= 0.6 is 11.8 Å². The zero-order valence-corrected chi connectivity index (χ0v) is 10.9. The number of rotatable bonds is 5. The van der Waals surface area contributed by atoms with Crippen LogP contribution in [0.3, 0.4) is 0 Å². The monoisotopic (exact) mass is 246 g/mol. The predicted molar refractivity (Wildman–Crippen MR) is 67.6 cm³/mol. The summed E-state index contributed by atoms with van der Waals surface area (Å²) < 4.78 is 5.22. The van der Waals surface area contributed by atoms with Crippen molar-refractivity contribution in [3.63, 3.8) is 0 Å². The summed E-state index contributed by atoms with van der Waals surface area (Å²) in [5.41, 5.74) is 5.37. The summed E-state index contributed by atoms with van der Waals surface area (Å²) >= 11 is 1.79. The lowest BCUT2D eigenvalue weighted by Crippen LogP contribution is -2.58. The van der Waals surface area contributed by atoms with Crippen molar-refractivity contribution < 1.29 is 9.53 Å². The van der Waals surface area contributed by atoms with Gasteiger partial charge in [-0.05, 0) is 38.2 Å². The van der Waals surface area contributed by atoms with E-state index in [0.717, 1.165) is 12.2 Å². The molecular formula is C11H22N2O2S. The van der Waals surface area contributed by atoms with Gasteiger partial charge in [0, 0.05) is 19.3 Å². The Labute approximate surface area is 102 Å². The molecule has 94 valence electrons. The highest BCUT2D eigenvalue weighted by Gasteiger charge is 2.36. The fraction of sp³-hybridized carbons (Fsp3) is 0.909. The lowest BCUT2D eigenvalue weighted by molar-refractivity contribution is -0.130. The second kappa shape index (κ2) is 6.47. The molecule has 0 saturated carbocycles. The molecule has 16 heavy (non-hydrogen) atoms. The van der Waals surface area contributed by atoms with Crippen LogP contribution < -0.4 is 11.1 Å². The van der Waals surface area contributed by atoms with E-state index >= 15 is 0 Å².